The number of piperazine rings is 1. The first-order valence-electron chi connectivity index (χ1n) is 6.99. The second-order valence-corrected chi connectivity index (χ2v) is 8.11. The van der Waals surface area contributed by atoms with Crippen molar-refractivity contribution in [2.45, 2.75) is 46.2 Å². The fourth-order valence-electron chi connectivity index (χ4n) is 2.20. The normalized spacial score (nSPS) is 24.1. The lowest BCUT2D eigenvalue weighted by molar-refractivity contribution is -0.148. The van der Waals surface area contributed by atoms with Gasteiger partial charge in [0.25, 0.3) is 0 Å². The van der Waals surface area contributed by atoms with Gasteiger partial charge in [0.05, 0.1) is 5.75 Å². The average molecular weight is 304 g/mol. The molecule has 7 heteroatoms. The Morgan fingerprint density at radius 2 is 1.90 bits per heavy atom. The Balaban J connectivity index is 2.80. The number of carbonyl (C=O) groups is 2. The average Bonchev–Trinajstić information content (AvgIpc) is 2.35. The van der Waals surface area contributed by atoms with Gasteiger partial charge < -0.3 is 10.2 Å². The summed E-state index contributed by atoms with van der Waals surface area (Å²) >= 11 is 0. The van der Waals surface area contributed by atoms with Gasteiger partial charge in [-0.1, -0.05) is 20.8 Å². The maximum atomic E-state index is 12.3. The van der Waals surface area contributed by atoms with Crippen LogP contribution in [0, 0.1) is 5.92 Å². The summed E-state index contributed by atoms with van der Waals surface area (Å²) in [5, 5.41) is 2.71. The minimum Gasteiger partial charge on any atom is -0.343 e. The van der Waals surface area contributed by atoms with Gasteiger partial charge in [-0.25, -0.2) is 8.42 Å². The highest BCUT2D eigenvalue weighted by atomic mass is 32.2. The van der Waals surface area contributed by atoms with Crippen molar-refractivity contribution in [2.75, 3.05) is 18.1 Å². The van der Waals surface area contributed by atoms with E-state index in [4.69, 9.17) is 0 Å². The highest BCUT2D eigenvalue weighted by molar-refractivity contribution is 7.91. The number of nitrogens with one attached hydrogen (secondary N) is 1. The van der Waals surface area contributed by atoms with Crippen LogP contribution in [0.25, 0.3) is 0 Å². The lowest BCUT2D eigenvalue weighted by Gasteiger charge is -2.37. The van der Waals surface area contributed by atoms with Gasteiger partial charge in [-0.3, -0.25) is 9.59 Å². The molecular formula is C13H24N2O4S. The van der Waals surface area contributed by atoms with Crippen molar-refractivity contribution in [3.05, 3.63) is 0 Å². The third kappa shape index (κ3) is 4.19. The maximum Gasteiger partial charge on any atom is 0.245 e. The van der Waals surface area contributed by atoms with Crippen molar-refractivity contribution in [3.63, 3.8) is 0 Å². The van der Waals surface area contributed by atoms with Crippen LogP contribution in [0.4, 0.5) is 0 Å². The van der Waals surface area contributed by atoms with Crippen molar-refractivity contribution in [1.82, 2.24) is 10.2 Å². The maximum absolute atomic E-state index is 12.3. The minimum atomic E-state index is -3.15. The minimum absolute atomic E-state index is 0.0467. The van der Waals surface area contributed by atoms with E-state index in [2.05, 4.69) is 5.32 Å². The van der Waals surface area contributed by atoms with E-state index in [1.165, 1.54) is 4.90 Å². The monoisotopic (exact) mass is 304 g/mol. The first kappa shape index (κ1) is 16.9. The predicted molar refractivity (Wildman–Crippen MR) is 76.9 cm³/mol. The Hall–Kier alpha value is -1.11. The summed E-state index contributed by atoms with van der Waals surface area (Å²) in [5.41, 5.74) is 0. The molecule has 1 saturated heterocycles. The van der Waals surface area contributed by atoms with Crippen LogP contribution >= 0.6 is 0 Å². The molecule has 1 N–H and O–H groups in total. The molecule has 0 aromatic heterocycles. The van der Waals surface area contributed by atoms with E-state index in [0.29, 0.717) is 6.42 Å². The van der Waals surface area contributed by atoms with Crippen LogP contribution in [0.5, 0.6) is 0 Å². The zero-order valence-corrected chi connectivity index (χ0v) is 13.4. The van der Waals surface area contributed by atoms with Crippen molar-refractivity contribution in [3.8, 4) is 0 Å². The molecule has 1 aliphatic heterocycles. The van der Waals surface area contributed by atoms with Crippen LogP contribution in [0.3, 0.4) is 0 Å². The largest absolute Gasteiger partial charge is 0.343 e. The second-order valence-electron chi connectivity index (χ2n) is 5.63. The molecule has 2 unspecified atom stereocenters. The molecule has 0 aliphatic carbocycles. The van der Waals surface area contributed by atoms with Crippen LogP contribution in [0.15, 0.2) is 0 Å². The molecule has 0 spiro atoms. The van der Waals surface area contributed by atoms with Gasteiger partial charge in [0.1, 0.15) is 12.1 Å². The molecule has 1 rings (SSSR count). The van der Waals surface area contributed by atoms with E-state index in [0.717, 1.165) is 0 Å². The van der Waals surface area contributed by atoms with E-state index in [-0.39, 0.29) is 35.8 Å². The summed E-state index contributed by atoms with van der Waals surface area (Å²) in [5.74, 6) is -0.174. The summed E-state index contributed by atoms with van der Waals surface area (Å²) in [6.45, 7) is 7.23. The molecule has 0 aromatic carbocycles. The molecule has 1 aliphatic rings. The van der Waals surface area contributed by atoms with E-state index >= 15 is 0 Å². The van der Waals surface area contributed by atoms with E-state index in [1.807, 2.05) is 13.8 Å². The van der Waals surface area contributed by atoms with Crippen LogP contribution in [0.1, 0.15) is 34.1 Å². The number of nitrogens with zero attached hydrogens (tertiary/aromatic N) is 1. The molecule has 6 nitrogen and oxygen atoms in total. The third-order valence-corrected chi connectivity index (χ3v) is 5.22. The highest BCUT2D eigenvalue weighted by Gasteiger charge is 2.38. The van der Waals surface area contributed by atoms with Gasteiger partial charge >= 0.3 is 0 Å². The third-order valence-electron chi connectivity index (χ3n) is 3.53. The molecule has 0 bridgehead atoms. The van der Waals surface area contributed by atoms with Gasteiger partial charge in [-0.05, 0) is 19.3 Å². The lowest BCUT2D eigenvalue weighted by Crippen LogP contribution is -2.63. The van der Waals surface area contributed by atoms with Crippen LogP contribution in [0.2, 0.25) is 0 Å². The lowest BCUT2D eigenvalue weighted by atomic mass is 9.99. The van der Waals surface area contributed by atoms with Crippen molar-refractivity contribution >= 4 is 21.7 Å². The topological polar surface area (TPSA) is 83.6 Å². The van der Waals surface area contributed by atoms with E-state index < -0.39 is 21.9 Å². The van der Waals surface area contributed by atoms with Gasteiger partial charge in [0.15, 0.2) is 9.84 Å². The zero-order chi connectivity index (χ0) is 15.5. The van der Waals surface area contributed by atoms with Gasteiger partial charge in [0.2, 0.25) is 11.8 Å². The molecule has 0 aromatic rings. The fraction of sp³-hybridized carbons (Fsp3) is 0.846. The molecule has 2 atom stereocenters. The molecule has 0 saturated carbocycles. The van der Waals surface area contributed by atoms with Crippen molar-refractivity contribution in [2.24, 2.45) is 5.92 Å². The number of rotatable bonds is 6. The molecule has 1 fully saturated rings. The standard InChI is InChI=1S/C13H24N2O4S/c1-5-20(18,19)7-6-15-10(4)12(16)14-11(13(15)17)8-9(2)3/h9-11H,5-8H2,1-4H3,(H,14,16). The summed E-state index contributed by atoms with van der Waals surface area (Å²) in [7, 11) is -3.15. The Bertz CT molecular complexity index is 473. The molecular weight excluding hydrogens is 280 g/mol. The van der Waals surface area contributed by atoms with Gasteiger partial charge in [0, 0.05) is 12.3 Å². The number of sulfone groups is 1. The van der Waals surface area contributed by atoms with Crippen molar-refractivity contribution in [1.29, 1.82) is 0 Å². The predicted octanol–water partition coefficient (Wildman–Crippen LogP) is 0.183. The number of amides is 2. The Labute approximate surface area is 120 Å². The molecule has 116 valence electrons. The van der Waals surface area contributed by atoms with Crippen LogP contribution in [-0.4, -0.2) is 55.3 Å². The SMILES string of the molecule is CCS(=O)(=O)CCN1C(=O)C(CC(C)C)NC(=O)C1C. The van der Waals surface area contributed by atoms with E-state index in [9.17, 15) is 18.0 Å². The second kappa shape index (κ2) is 6.56. The summed E-state index contributed by atoms with van der Waals surface area (Å²) in [4.78, 5) is 25.6. The Morgan fingerprint density at radius 3 is 2.40 bits per heavy atom. The van der Waals surface area contributed by atoms with Gasteiger partial charge in [-0.15, -0.1) is 0 Å². The number of carbonyl (C=O) groups excluding carboxylic acids is 2. The first-order chi connectivity index (χ1) is 9.18. The summed E-state index contributed by atoms with van der Waals surface area (Å²) < 4.78 is 23.1. The first-order valence-corrected chi connectivity index (χ1v) is 8.81. The van der Waals surface area contributed by atoms with Gasteiger partial charge in [-0.2, -0.15) is 0 Å². The number of hydrogen-bond donors (Lipinski definition) is 1. The molecule has 20 heavy (non-hydrogen) atoms. The molecule has 2 amide bonds. The van der Waals surface area contributed by atoms with Crippen LogP contribution in [-0.2, 0) is 19.4 Å². The molecule has 0 radical (unpaired) electrons. The highest BCUT2D eigenvalue weighted by Crippen LogP contribution is 2.15. The Morgan fingerprint density at radius 1 is 1.30 bits per heavy atom. The zero-order valence-electron chi connectivity index (χ0n) is 12.5. The summed E-state index contributed by atoms with van der Waals surface area (Å²) in [6.07, 6.45) is 0.564. The Kier molecular flexibility index (Phi) is 5.56. The van der Waals surface area contributed by atoms with Crippen LogP contribution < -0.4 is 5.32 Å². The molecule has 1 heterocycles. The van der Waals surface area contributed by atoms with Crippen molar-refractivity contribution < 1.29 is 18.0 Å². The fourth-order valence-corrected chi connectivity index (χ4v) is 2.97. The summed E-state index contributed by atoms with van der Waals surface area (Å²) in [6, 6.07) is -1.15. The van der Waals surface area contributed by atoms with E-state index in [1.54, 1.807) is 13.8 Å². The number of hydrogen-bond acceptors (Lipinski definition) is 4. The quantitative estimate of drug-likeness (QED) is 0.759. The smallest absolute Gasteiger partial charge is 0.245 e.